The average molecular weight is 295 g/mol. The van der Waals surface area contributed by atoms with E-state index in [1.807, 2.05) is 0 Å². The van der Waals surface area contributed by atoms with Crippen molar-refractivity contribution in [3.8, 4) is 5.75 Å². The lowest BCUT2D eigenvalue weighted by Crippen LogP contribution is -2.26. The summed E-state index contributed by atoms with van der Waals surface area (Å²) in [5.41, 5.74) is 0.534. The standard InChI is InChI=1S/C14H14FNO3S/c1-16(10-11-5-4-6-12(15)9-11)20(18,19)14-8-3-2-7-13(14)17/h2-9,17H,10H2,1H3. The van der Waals surface area contributed by atoms with Gasteiger partial charge in [-0.05, 0) is 29.8 Å². The largest absolute Gasteiger partial charge is 0.507 e. The fraction of sp³-hybridized carbons (Fsp3) is 0.143. The second kappa shape index (κ2) is 5.60. The fourth-order valence-electron chi connectivity index (χ4n) is 1.82. The molecule has 0 aliphatic heterocycles. The number of hydrogen-bond donors (Lipinski definition) is 1. The van der Waals surface area contributed by atoms with E-state index in [4.69, 9.17) is 0 Å². The summed E-state index contributed by atoms with van der Waals surface area (Å²) >= 11 is 0. The van der Waals surface area contributed by atoms with Gasteiger partial charge in [-0.1, -0.05) is 24.3 Å². The smallest absolute Gasteiger partial charge is 0.246 e. The van der Waals surface area contributed by atoms with Gasteiger partial charge in [-0.2, -0.15) is 4.31 Å². The van der Waals surface area contributed by atoms with E-state index in [0.29, 0.717) is 5.56 Å². The van der Waals surface area contributed by atoms with Crippen molar-refractivity contribution in [2.24, 2.45) is 0 Å². The maximum absolute atomic E-state index is 13.1. The van der Waals surface area contributed by atoms with Gasteiger partial charge in [0.05, 0.1) is 0 Å². The van der Waals surface area contributed by atoms with Gasteiger partial charge in [0.1, 0.15) is 16.5 Å². The van der Waals surface area contributed by atoms with Crippen LogP contribution in [0.15, 0.2) is 53.4 Å². The molecule has 0 saturated heterocycles. The number of nitrogens with zero attached hydrogens (tertiary/aromatic N) is 1. The molecule has 6 heteroatoms. The van der Waals surface area contributed by atoms with Gasteiger partial charge in [-0.15, -0.1) is 0 Å². The number of sulfonamides is 1. The molecule has 0 saturated carbocycles. The number of para-hydroxylation sites is 1. The molecule has 0 fully saturated rings. The Kier molecular flexibility index (Phi) is 4.06. The van der Waals surface area contributed by atoms with Gasteiger partial charge >= 0.3 is 0 Å². The predicted molar refractivity (Wildman–Crippen MR) is 73.2 cm³/mol. The molecule has 106 valence electrons. The van der Waals surface area contributed by atoms with Crippen LogP contribution in [0.2, 0.25) is 0 Å². The molecule has 0 spiro atoms. The van der Waals surface area contributed by atoms with Crippen LogP contribution < -0.4 is 0 Å². The van der Waals surface area contributed by atoms with Crippen molar-refractivity contribution in [2.45, 2.75) is 11.4 Å². The highest BCUT2D eigenvalue weighted by atomic mass is 32.2. The summed E-state index contributed by atoms with van der Waals surface area (Å²) in [6.07, 6.45) is 0. The van der Waals surface area contributed by atoms with Crippen molar-refractivity contribution >= 4 is 10.0 Å². The lowest BCUT2D eigenvalue weighted by molar-refractivity contribution is 0.439. The molecule has 0 atom stereocenters. The Morgan fingerprint density at radius 1 is 1.15 bits per heavy atom. The maximum Gasteiger partial charge on any atom is 0.246 e. The van der Waals surface area contributed by atoms with E-state index in [2.05, 4.69) is 0 Å². The van der Waals surface area contributed by atoms with Gasteiger partial charge in [-0.25, -0.2) is 12.8 Å². The highest BCUT2D eigenvalue weighted by molar-refractivity contribution is 7.89. The molecule has 2 aromatic rings. The third-order valence-electron chi connectivity index (χ3n) is 2.85. The first kappa shape index (κ1) is 14.5. The van der Waals surface area contributed by atoms with Crippen LogP contribution >= 0.6 is 0 Å². The number of rotatable bonds is 4. The molecule has 0 unspecified atom stereocenters. The molecule has 0 amide bonds. The third kappa shape index (κ3) is 2.97. The fourth-order valence-corrected chi connectivity index (χ4v) is 3.06. The Bertz CT molecular complexity index is 716. The normalized spacial score (nSPS) is 11.8. The Morgan fingerprint density at radius 2 is 1.85 bits per heavy atom. The summed E-state index contributed by atoms with van der Waals surface area (Å²) in [5, 5.41) is 9.64. The first-order chi connectivity index (χ1) is 9.41. The lowest BCUT2D eigenvalue weighted by atomic mass is 10.2. The lowest BCUT2D eigenvalue weighted by Gasteiger charge is -2.18. The molecule has 2 aromatic carbocycles. The molecule has 4 nitrogen and oxygen atoms in total. The molecular weight excluding hydrogens is 281 g/mol. The molecule has 0 aromatic heterocycles. The average Bonchev–Trinajstić information content (AvgIpc) is 2.39. The second-order valence-corrected chi connectivity index (χ2v) is 6.37. The summed E-state index contributed by atoms with van der Waals surface area (Å²) in [6.45, 7) is 0.0222. The number of phenols is 1. The van der Waals surface area contributed by atoms with Crippen molar-refractivity contribution < 1.29 is 17.9 Å². The van der Waals surface area contributed by atoms with E-state index in [1.165, 1.54) is 43.4 Å². The first-order valence-electron chi connectivity index (χ1n) is 5.90. The van der Waals surface area contributed by atoms with Crippen molar-refractivity contribution in [3.05, 3.63) is 59.9 Å². The number of halogens is 1. The van der Waals surface area contributed by atoms with Crippen LogP contribution in [0.1, 0.15) is 5.56 Å². The third-order valence-corrected chi connectivity index (χ3v) is 4.70. The Labute approximate surface area is 117 Å². The minimum absolute atomic E-state index is 0.0222. The monoisotopic (exact) mass is 295 g/mol. The van der Waals surface area contributed by atoms with Crippen molar-refractivity contribution in [3.63, 3.8) is 0 Å². The highest BCUT2D eigenvalue weighted by Crippen LogP contribution is 2.25. The SMILES string of the molecule is CN(Cc1cccc(F)c1)S(=O)(=O)c1ccccc1O. The van der Waals surface area contributed by atoms with Crippen LogP contribution in [0, 0.1) is 5.82 Å². The van der Waals surface area contributed by atoms with E-state index >= 15 is 0 Å². The summed E-state index contributed by atoms with van der Waals surface area (Å²) < 4.78 is 38.8. The maximum atomic E-state index is 13.1. The molecule has 1 N–H and O–H groups in total. The van der Waals surface area contributed by atoms with Gasteiger partial charge in [-0.3, -0.25) is 0 Å². The van der Waals surface area contributed by atoms with Gasteiger partial charge in [0.2, 0.25) is 10.0 Å². The number of benzene rings is 2. The highest BCUT2D eigenvalue weighted by Gasteiger charge is 2.23. The minimum Gasteiger partial charge on any atom is -0.507 e. The first-order valence-corrected chi connectivity index (χ1v) is 7.34. The van der Waals surface area contributed by atoms with Crippen LogP contribution in [0.5, 0.6) is 5.75 Å². The van der Waals surface area contributed by atoms with E-state index in [0.717, 1.165) is 4.31 Å². The number of hydrogen-bond acceptors (Lipinski definition) is 3. The summed E-state index contributed by atoms with van der Waals surface area (Å²) in [5.74, 6) is -0.727. The number of aromatic hydroxyl groups is 1. The summed E-state index contributed by atoms with van der Waals surface area (Å²) in [6, 6.07) is 11.4. The second-order valence-electron chi connectivity index (χ2n) is 4.36. The molecule has 0 bridgehead atoms. The topological polar surface area (TPSA) is 57.6 Å². The zero-order valence-electron chi connectivity index (χ0n) is 10.8. The molecule has 0 aliphatic rings. The minimum atomic E-state index is -3.82. The van der Waals surface area contributed by atoms with Crippen LogP contribution in [-0.2, 0) is 16.6 Å². The van der Waals surface area contributed by atoms with Crippen molar-refractivity contribution in [2.75, 3.05) is 7.05 Å². The van der Waals surface area contributed by atoms with E-state index in [-0.39, 0.29) is 17.2 Å². The molecule has 0 radical (unpaired) electrons. The predicted octanol–water partition coefficient (Wildman–Crippen LogP) is 2.35. The van der Waals surface area contributed by atoms with Crippen molar-refractivity contribution in [1.29, 1.82) is 0 Å². The molecule has 20 heavy (non-hydrogen) atoms. The zero-order chi connectivity index (χ0) is 14.8. The molecular formula is C14H14FNO3S. The number of phenolic OH excluding ortho intramolecular Hbond substituents is 1. The van der Waals surface area contributed by atoms with Crippen molar-refractivity contribution in [1.82, 2.24) is 4.31 Å². The quantitative estimate of drug-likeness (QED) is 0.942. The Hall–Kier alpha value is -1.92. The molecule has 0 heterocycles. The van der Waals surface area contributed by atoms with Gasteiger partial charge in [0, 0.05) is 13.6 Å². The summed E-state index contributed by atoms with van der Waals surface area (Å²) in [4.78, 5) is -0.168. The van der Waals surface area contributed by atoms with Gasteiger partial charge in [0.25, 0.3) is 0 Å². The zero-order valence-corrected chi connectivity index (χ0v) is 11.6. The van der Waals surface area contributed by atoms with Gasteiger partial charge < -0.3 is 5.11 Å². The molecule has 0 aliphatic carbocycles. The Balaban J connectivity index is 2.29. The van der Waals surface area contributed by atoms with E-state index < -0.39 is 15.8 Å². The summed E-state index contributed by atoms with van der Waals surface area (Å²) in [7, 11) is -2.44. The van der Waals surface area contributed by atoms with Crippen LogP contribution in [-0.4, -0.2) is 24.9 Å². The van der Waals surface area contributed by atoms with Gasteiger partial charge in [0.15, 0.2) is 0 Å². The van der Waals surface area contributed by atoms with E-state index in [9.17, 15) is 17.9 Å². The molecule has 2 rings (SSSR count). The van der Waals surface area contributed by atoms with Crippen LogP contribution in [0.25, 0.3) is 0 Å². The van der Waals surface area contributed by atoms with E-state index in [1.54, 1.807) is 12.1 Å². The Morgan fingerprint density at radius 3 is 2.50 bits per heavy atom. The van der Waals surface area contributed by atoms with Crippen LogP contribution in [0.3, 0.4) is 0 Å². The van der Waals surface area contributed by atoms with Crippen LogP contribution in [0.4, 0.5) is 4.39 Å².